The van der Waals surface area contributed by atoms with Gasteiger partial charge >= 0.3 is 0 Å². The van der Waals surface area contributed by atoms with Gasteiger partial charge in [-0.1, -0.05) is 48.0 Å². The molecule has 29 heavy (non-hydrogen) atoms. The number of rotatable bonds is 8. The van der Waals surface area contributed by atoms with Crippen LogP contribution in [-0.4, -0.2) is 54.0 Å². The molecule has 0 bridgehead atoms. The molecule has 2 atom stereocenters. The average Bonchev–Trinajstić information content (AvgIpc) is 3.16. The van der Waals surface area contributed by atoms with Gasteiger partial charge in [0.25, 0.3) is 0 Å². The van der Waals surface area contributed by atoms with Crippen molar-refractivity contribution in [2.75, 3.05) is 32.8 Å². The molecule has 1 aliphatic heterocycles. The highest BCUT2D eigenvalue weighted by atomic mass is 16.5. The molecule has 2 aromatic carbocycles. The van der Waals surface area contributed by atoms with Gasteiger partial charge in [0.15, 0.2) is 0 Å². The fraction of sp³-hybridized carbons (Fsp3) is 0.458. The second-order valence-corrected chi connectivity index (χ2v) is 8.15. The summed E-state index contributed by atoms with van der Waals surface area (Å²) in [7, 11) is 0. The van der Waals surface area contributed by atoms with Crippen molar-refractivity contribution >= 4 is 10.9 Å². The van der Waals surface area contributed by atoms with Crippen molar-refractivity contribution in [2.45, 2.75) is 38.8 Å². The first-order valence-corrected chi connectivity index (χ1v) is 10.7. The number of hydrogen-bond acceptors (Lipinski definition) is 4. The molecule has 1 fully saturated rings. The van der Waals surface area contributed by atoms with Gasteiger partial charge in [0, 0.05) is 42.8 Å². The fourth-order valence-corrected chi connectivity index (χ4v) is 4.20. The summed E-state index contributed by atoms with van der Waals surface area (Å²) >= 11 is 0. The van der Waals surface area contributed by atoms with E-state index in [0.29, 0.717) is 12.1 Å². The Labute approximate surface area is 173 Å². The monoisotopic (exact) mass is 392 g/mol. The molecule has 2 N–H and O–H groups in total. The van der Waals surface area contributed by atoms with Crippen molar-refractivity contribution < 1.29 is 4.74 Å². The van der Waals surface area contributed by atoms with Crippen molar-refractivity contribution in [1.29, 1.82) is 0 Å². The molecule has 154 valence electrons. The van der Waals surface area contributed by atoms with E-state index in [1.807, 2.05) is 6.07 Å². The summed E-state index contributed by atoms with van der Waals surface area (Å²) in [5.41, 5.74) is 5.00. The maximum atomic E-state index is 5.58. The standard InChI is InChI=1S/C24H32N4O/c1-18-6-5-7-20(16-18)24(28-12-14-29-15-13-28)17-25-19(2)10-11-23-21-8-3-4-9-22(21)26-27-23/h3-9,16,19,24-25H,10-15,17H2,1-2H3,(H,26,27). The molecule has 2 heterocycles. The number of benzene rings is 2. The molecule has 0 amide bonds. The van der Waals surface area contributed by atoms with Gasteiger partial charge in [-0.25, -0.2) is 0 Å². The lowest BCUT2D eigenvalue weighted by molar-refractivity contribution is 0.0157. The van der Waals surface area contributed by atoms with Crippen LogP contribution in [0.2, 0.25) is 0 Å². The molecule has 5 heteroatoms. The summed E-state index contributed by atoms with van der Waals surface area (Å²) in [5, 5.41) is 12.7. The van der Waals surface area contributed by atoms with Gasteiger partial charge in [-0.3, -0.25) is 10.00 Å². The van der Waals surface area contributed by atoms with E-state index >= 15 is 0 Å². The third-order valence-corrected chi connectivity index (χ3v) is 5.94. The molecule has 0 radical (unpaired) electrons. The summed E-state index contributed by atoms with van der Waals surface area (Å²) in [5.74, 6) is 0. The van der Waals surface area contributed by atoms with Crippen LogP contribution in [0.25, 0.3) is 10.9 Å². The predicted octanol–water partition coefficient (Wildman–Crippen LogP) is 3.86. The fourth-order valence-electron chi connectivity index (χ4n) is 4.20. The Kier molecular flexibility index (Phi) is 6.60. The van der Waals surface area contributed by atoms with E-state index < -0.39 is 0 Å². The summed E-state index contributed by atoms with van der Waals surface area (Å²) in [4.78, 5) is 2.56. The van der Waals surface area contributed by atoms with E-state index in [1.165, 1.54) is 22.2 Å². The highest BCUT2D eigenvalue weighted by Gasteiger charge is 2.23. The van der Waals surface area contributed by atoms with Gasteiger partial charge in [0.1, 0.15) is 0 Å². The van der Waals surface area contributed by atoms with Gasteiger partial charge < -0.3 is 10.1 Å². The largest absolute Gasteiger partial charge is 0.379 e. The lowest BCUT2D eigenvalue weighted by Gasteiger charge is -2.35. The number of aromatic amines is 1. The number of morpholine rings is 1. The molecule has 0 saturated carbocycles. The number of nitrogens with one attached hydrogen (secondary N) is 2. The number of fused-ring (bicyclic) bond motifs is 1. The first-order chi connectivity index (χ1) is 14.2. The van der Waals surface area contributed by atoms with Crippen LogP contribution >= 0.6 is 0 Å². The van der Waals surface area contributed by atoms with Crippen LogP contribution in [0.4, 0.5) is 0 Å². The van der Waals surface area contributed by atoms with E-state index in [9.17, 15) is 0 Å². The average molecular weight is 393 g/mol. The summed E-state index contributed by atoms with van der Waals surface area (Å²) in [6, 6.07) is 18.1. The van der Waals surface area contributed by atoms with E-state index in [1.54, 1.807) is 0 Å². The van der Waals surface area contributed by atoms with E-state index in [0.717, 1.165) is 51.2 Å². The van der Waals surface area contributed by atoms with E-state index in [-0.39, 0.29) is 0 Å². The molecular weight excluding hydrogens is 360 g/mol. The number of hydrogen-bond donors (Lipinski definition) is 2. The lowest BCUT2D eigenvalue weighted by atomic mass is 10.0. The molecule has 5 nitrogen and oxygen atoms in total. The van der Waals surface area contributed by atoms with Crippen molar-refractivity contribution in [3.8, 4) is 0 Å². The zero-order valence-corrected chi connectivity index (χ0v) is 17.5. The normalized spacial score (nSPS) is 17.4. The third kappa shape index (κ3) is 5.04. The number of ether oxygens (including phenoxy) is 1. The molecule has 1 aliphatic rings. The second-order valence-electron chi connectivity index (χ2n) is 8.15. The van der Waals surface area contributed by atoms with Crippen LogP contribution in [0.3, 0.4) is 0 Å². The quantitative estimate of drug-likeness (QED) is 0.611. The molecule has 3 aromatic rings. The van der Waals surface area contributed by atoms with Crippen molar-refractivity contribution in [1.82, 2.24) is 20.4 Å². The van der Waals surface area contributed by atoms with E-state index in [2.05, 4.69) is 76.7 Å². The van der Waals surface area contributed by atoms with Crippen LogP contribution in [-0.2, 0) is 11.2 Å². The zero-order chi connectivity index (χ0) is 20.1. The summed E-state index contributed by atoms with van der Waals surface area (Å²) in [6.07, 6.45) is 2.08. The number of para-hydroxylation sites is 1. The van der Waals surface area contributed by atoms with Gasteiger partial charge in [0.05, 0.1) is 18.7 Å². The maximum absolute atomic E-state index is 5.58. The van der Waals surface area contributed by atoms with E-state index in [4.69, 9.17) is 4.74 Å². The van der Waals surface area contributed by atoms with Crippen LogP contribution in [0.5, 0.6) is 0 Å². The molecule has 1 aromatic heterocycles. The Hall–Kier alpha value is -2.21. The van der Waals surface area contributed by atoms with Crippen molar-refractivity contribution in [2.24, 2.45) is 0 Å². The number of aromatic nitrogens is 2. The Bertz CT molecular complexity index is 916. The third-order valence-electron chi connectivity index (χ3n) is 5.94. The van der Waals surface area contributed by atoms with Gasteiger partial charge in [0.2, 0.25) is 0 Å². The summed E-state index contributed by atoms with van der Waals surface area (Å²) in [6.45, 7) is 9.04. The Morgan fingerprint density at radius 1 is 1.14 bits per heavy atom. The number of nitrogens with zero attached hydrogens (tertiary/aromatic N) is 2. The first kappa shape index (κ1) is 20.1. The minimum Gasteiger partial charge on any atom is -0.379 e. The zero-order valence-electron chi connectivity index (χ0n) is 17.5. The van der Waals surface area contributed by atoms with Crippen LogP contribution in [0, 0.1) is 6.92 Å². The molecule has 2 unspecified atom stereocenters. The molecule has 4 rings (SSSR count). The van der Waals surface area contributed by atoms with Gasteiger partial charge in [-0.15, -0.1) is 0 Å². The minimum atomic E-state index is 0.384. The topological polar surface area (TPSA) is 53.2 Å². The molecular formula is C24H32N4O. The Balaban J connectivity index is 1.37. The van der Waals surface area contributed by atoms with Crippen molar-refractivity contribution in [3.63, 3.8) is 0 Å². The number of H-pyrrole nitrogens is 1. The van der Waals surface area contributed by atoms with Gasteiger partial charge in [-0.2, -0.15) is 5.10 Å². The molecule has 0 spiro atoms. The lowest BCUT2D eigenvalue weighted by Crippen LogP contribution is -2.44. The number of aryl methyl sites for hydroxylation is 2. The van der Waals surface area contributed by atoms with Crippen LogP contribution in [0.15, 0.2) is 48.5 Å². The second kappa shape index (κ2) is 9.53. The predicted molar refractivity (Wildman–Crippen MR) is 118 cm³/mol. The summed E-state index contributed by atoms with van der Waals surface area (Å²) < 4.78 is 5.58. The van der Waals surface area contributed by atoms with Crippen LogP contribution < -0.4 is 5.32 Å². The van der Waals surface area contributed by atoms with Crippen molar-refractivity contribution in [3.05, 3.63) is 65.4 Å². The highest BCUT2D eigenvalue weighted by Crippen LogP contribution is 2.23. The molecule has 0 aliphatic carbocycles. The maximum Gasteiger partial charge on any atom is 0.0923 e. The van der Waals surface area contributed by atoms with Gasteiger partial charge in [-0.05, 0) is 38.3 Å². The highest BCUT2D eigenvalue weighted by molar-refractivity contribution is 5.81. The molecule has 1 saturated heterocycles. The SMILES string of the molecule is Cc1cccc(C(CNC(C)CCc2[nH]nc3ccccc23)N2CCOCC2)c1. The Morgan fingerprint density at radius 2 is 1.97 bits per heavy atom. The minimum absolute atomic E-state index is 0.384. The first-order valence-electron chi connectivity index (χ1n) is 10.7. The Morgan fingerprint density at radius 3 is 2.79 bits per heavy atom. The van der Waals surface area contributed by atoms with Crippen LogP contribution in [0.1, 0.15) is 36.2 Å². The smallest absolute Gasteiger partial charge is 0.0923 e.